The van der Waals surface area contributed by atoms with Gasteiger partial charge in [-0.15, -0.1) is 0 Å². The predicted octanol–water partition coefficient (Wildman–Crippen LogP) is 4.75. The van der Waals surface area contributed by atoms with E-state index < -0.39 is 22.5 Å². The highest BCUT2D eigenvalue weighted by Gasteiger charge is 2.31. The number of rotatable bonds is 9. The second-order valence-corrected chi connectivity index (χ2v) is 10.8. The molecule has 1 atom stereocenters. The van der Waals surface area contributed by atoms with Crippen molar-refractivity contribution in [1.82, 2.24) is 4.57 Å². The first-order chi connectivity index (χ1) is 20.2. The number of hydrogen-bond donors (Lipinski definition) is 0. The lowest BCUT2D eigenvalue weighted by molar-refractivity contribution is -0.384. The topological polar surface area (TPSA) is 135 Å². The van der Waals surface area contributed by atoms with Crippen molar-refractivity contribution < 1.29 is 28.3 Å². The lowest BCUT2D eigenvalue weighted by Gasteiger charge is -2.23. The van der Waals surface area contributed by atoms with E-state index in [-0.39, 0.29) is 17.0 Å². The zero-order valence-electron chi connectivity index (χ0n) is 22.7. The van der Waals surface area contributed by atoms with E-state index in [9.17, 15) is 19.7 Å². The van der Waals surface area contributed by atoms with Gasteiger partial charge in [0.15, 0.2) is 16.3 Å². The summed E-state index contributed by atoms with van der Waals surface area (Å²) in [6.45, 7) is 4.54. The van der Waals surface area contributed by atoms with Crippen molar-refractivity contribution in [2.45, 2.75) is 19.9 Å². The number of hydrogen-bond acceptors (Lipinski definition) is 10. The van der Waals surface area contributed by atoms with Gasteiger partial charge in [0.1, 0.15) is 11.5 Å². The monoisotopic (exact) mass is 653 g/mol. The molecule has 3 heterocycles. The molecule has 0 bridgehead atoms. The van der Waals surface area contributed by atoms with E-state index in [0.29, 0.717) is 55.4 Å². The third-order valence-corrected chi connectivity index (χ3v) is 7.82. The Bertz CT molecular complexity index is 1910. The van der Waals surface area contributed by atoms with Crippen LogP contribution in [0.15, 0.2) is 79.0 Å². The summed E-state index contributed by atoms with van der Waals surface area (Å²) in [5, 5.41) is 11.6. The molecular formula is C29H24BrN3O8S. The first-order valence-corrected chi connectivity index (χ1v) is 14.4. The summed E-state index contributed by atoms with van der Waals surface area (Å²) in [4.78, 5) is 42.4. The summed E-state index contributed by atoms with van der Waals surface area (Å²) in [5.74, 6) is 0.980. The third-order valence-electron chi connectivity index (χ3n) is 6.33. The number of carbonyl (C=O) groups excluding carboxylic acids is 1. The van der Waals surface area contributed by atoms with Gasteiger partial charge in [0, 0.05) is 22.8 Å². The van der Waals surface area contributed by atoms with Gasteiger partial charge in [0.2, 0.25) is 0 Å². The highest BCUT2D eigenvalue weighted by molar-refractivity contribution is 9.10. The summed E-state index contributed by atoms with van der Waals surface area (Å²) >= 11 is 4.37. The van der Waals surface area contributed by atoms with Crippen molar-refractivity contribution in [3.05, 3.63) is 106 Å². The second-order valence-electron chi connectivity index (χ2n) is 8.87. The Kier molecular flexibility index (Phi) is 8.41. The summed E-state index contributed by atoms with van der Waals surface area (Å²) in [7, 11) is 1.26. The van der Waals surface area contributed by atoms with Gasteiger partial charge in [-0.25, -0.2) is 9.79 Å². The molecule has 0 radical (unpaired) electrons. The molecule has 0 aliphatic carbocycles. The van der Waals surface area contributed by atoms with Crippen LogP contribution in [0.25, 0.3) is 17.4 Å². The maximum Gasteiger partial charge on any atom is 0.337 e. The number of halogens is 1. The van der Waals surface area contributed by atoms with Gasteiger partial charge in [-0.1, -0.05) is 33.3 Å². The smallest absolute Gasteiger partial charge is 0.337 e. The van der Waals surface area contributed by atoms with Gasteiger partial charge >= 0.3 is 5.97 Å². The van der Waals surface area contributed by atoms with E-state index in [2.05, 4.69) is 20.9 Å². The van der Waals surface area contributed by atoms with Crippen molar-refractivity contribution >= 4 is 45.0 Å². The number of ether oxygens (including phenoxy) is 3. The van der Waals surface area contributed by atoms with Crippen LogP contribution in [0, 0.1) is 10.1 Å². The van der Waals surface area contributed by atoms with Crippen LogP contribution in [0.4, 0.5) is 5.69 Å². The highest BCUT2D eigenvalue weighted by Crippen LogP contribution is 2.36. The molecule has 0 unspecified atom stereocenters. The molecule has 13 heteroatoms. The number of methoxy groups -OCH3 is 1. The molecule has 0 spiro atoms. The molecule has 0 fully saturated rings. The number of thiazole rings is 1. The van der Waals surface area contributed by atoms with Gasteiger partial charge in [-0.3, -0.25) is 19.5 Å². The third kappa shape index (κ3) is 5.52. The Morgan fingerprint density at radius 3 is 2.62 bits per heavy atom. The van der Waals surface area contributed by atoms with Crippen molar-refractivity contribution in [3.8, 4) is 22.8 Å². The fourth-order valence-corrected chi connectivity index (χ4v) is 5.85. The van der Waals surface area contributed by atoms with Crippen molar-refractivity contribution in [2.24, 2.45) is 4.99 Å². The van der Waals surface area contributed by atoms with E-state index in [0.717, 1.165) is 11.3 Å². The van der Waals surface area contributed by atoms with Crippen molar-refractivity contribution in [1.29, 1.82) is 0 Å². The summed E-state index contributed by atoms with van der Waals surface area (Å²) in [5.41, 5.74) is 0.543. The minimum absolute atomic E-state index is 0.123. The molecule has 0 N–H and O–H groups in total. The van der Waals surface area contributed by atoms with Gasteiger partial charge in [0.05, 0.1) is 47.0 Å². The van der Waals surface area contributed by atoms with E-state index in [1.54, 1.807) is 48.5 Å². The molecule has 11 nitrogen and oxygen atoms in total. The Balaban J connectivity index is 1.61. The van der Waals surface area contributed by atoms with Crippen molar-refractivity contribution in [2.75, 3.05) is 20.3 Å². The quantitative estimate of drug-likeness (QED) is 0.143. The SMILES string of the molecule is CCOc1ccc([C@@H]2C(C(=O)OC)=CN=c3s/c(=C/c4ccc(-c5ccc(Br)cc5[N+](=O)[O-])o4)c(=O)n32)cc1OCC. The number of nitro groups is 1. The molecule has 0 saturated heterocycles. The number of benzene rings is 2. The minimum Gasteiger partial charge on any atom is -0.490 e. The fraction of sp³-hybridized carbons (Fsp3) is 0.207. The van der Waals surface area contributed by atoms with Crippen LogP contribution in [0.3, 0.4) is 0 Å². The molecule has 216 valence electrons. The molecule has 2 aromatic carbocycles. The Labute approximate surface area is 251 Å². The molecule has 0 saturated carbocycles. The Morgan fingerprint density at radius 1 is 1.14 bits per heavy atom. The molecular weight excluding hydrogens is 630 g/mol. The summed E-state index contributed by atoms with van der Waals surface area (Å²) in [6, 6.07) is 12.3. The van der Waals surface area contributed by atoms with Crippen LogP contribution in [-0.4, -0.2) is 35.8 Å². The number of furan rings is 1. The van der Waals surface area contributed by atoms with Gasteiger partial charge in [-0.05, 0) is 55.8 Å². The summed E-state index contributed by atoms with van der Waals surface area (Å²) < 4.78 is 24.6. The number of nitrogens with zero attached hydrogens (tertiary/aromatic N) is 3. The molecule has 1 aliphatic heterocycles. The first-order valence-electron chi connectivity index (χ1n) is 12.8. The molecule has 5 rings (SSSR count). The number of carbonyl (C=O) groups is 1. The normalized spacial score (nSPS) is 14.5. The van der Waals surface area contributed by atoms with Crippen LogP contribution >= 0.6 is 27.3 Å². The van der Waals surface area contributed by atoms with Crippen LogP contribution in [0.1, 0.15) is 31.2 Å². The molecule has 1 aliphatic rings. The van der Waals surface area contributed by atoms with Crippen LogP contribution < -0.4 is 24.4 Å². The van der Waals surface area contributed by atoms with Crippen molar-refractivity contribution in [3.63, 3.8) is 0 Å². The fourth-order valence-electron chi connectivity index (χ4n) is 4.56. The predicted molar refractivity (Wildman–Crippen MR) is 158 cm³/mol. The number of fused-ring (bicyclic) bond motifs is 1. The lowest BCUT2D eigenvalue weighted by atomic mass is 9.97. The van der Waals surface area contributed by atoms with Gasteiger partial charge in [0.25, 0.3) is 11.2 Å². The van der Waals surface area contributed by atoms with Gasteiger partial charge in [-0.2, -0.15) is 0 Å². The molecule has 42 heavy (non-hydrogen) atoms. The number of nitro benzene ring substituents is 1. The largest absolute Gasteiger partial charge is 0.490 e. The van der Waals surface area contributed by atoms with E-state index in [1.807, 2.05) is 13.8 Å². The van der Waals surface area contributed by atoms with Crippen LogP contribution in [0.5, 0.6) is 11.5 Å². The summed E-state index contributed by atoms with van der Waals surface area (Å²) in [6.07, 6.45) is 2.95. The van der Waals surface area contributed by atoms with E-state index >= 15 is 0 Å². The maximum absolute atomic E-state index is 13.8. The highest BCUT2D eigenvalue weighted by atomic mass is 79.9. The second kappa shape index (κ2) is 12.2. The molecule has 2 aromatic heterocycles. The van der Waals surface area contributed by atoms with Crippen LogP contribution in [-0.2, 0) is 9.53 Å². The Morgan fingerprint density at radius 2 is 1.90 bits per heavy atom. The average molecular weight is 654 g/mol. The van der Waals surface area contributed by atoms with E-state index in [4.69, 9.17) is 18.6 Å². The first kappa shape index (κ1) is 29.0. The number of aromatic nitrogens is 1. The zero-order chi connectivity index (χ0) is 30.0. The average Bonchev–Trinajstić information content (AvgIpc) is 3.57. The number of esters is 1. The lowest BCUT2D eigenvalue weighted by Crippen LogP contribution is -2.39. The van der Waals surface area contributed by atoms with Gasteiger partial charge < -0.3 is 18.6 Å². The Hall–Kier alpha value is -4.49. The van der Waals surface area contributed by atoms with Crippen LogP contribution in [0.2, 0.25) is 0 Å². The molecule has 0 amide bonds. The zero-order valence-corrected chi connectivity index (χ0v) is 25.1. The van der Waals surface area contributed by atoms with E-state index in [1.165, 1.54) is 23.9 Å². The molecule has 4 aromatic rings. The minimum atomic E-state index is -0.844. The maximum atomic E-state index is 13.8. The standard InChI is InChI=1S/C29H24BrN3O8S/c1-4-39-23-10-6-16(12-24(23)40-5-2)26-20(28(35)38-3)15-31-29-32(26)27(34)25(42-29)14-18-8-11-22(41-18)19-9-7-17(30)13-21(19)33(36)37/h6-15,26H,4-5H2,1-3H3/b25-14+/t26-/m1/s1.